The normalized spacial score (nSPS) is 16.1. The van der Waals surface area contributed by atoms with Crippen LogP contribution in [0, 0.1) is 6.92 Å². The molecule has 1 aliphatic rings. The summed E-state index contributed by atoms with van der Waals surface area (Å²) in [7, 11) is 1.68. The molecule has 0 aliphatic heterocycles. The smallest absolute Gasteiger partial charge is 0.145 e. The second kappa shape index (κ2) is 5.90. The average molecular weight is 285 g/mol. The molecule has 1 aromatic carbocycles. The molecule has 0 saturated heterocycles. The number of nitrogens with one attached hydrogen (secondary N) is 1. The van der Waals surface area contributed by atoms with Crippen LogP contribution >= 0.6 is 0 Å². The first-order valence-electron chi connectivity index (χ1n) is 7.69. The number of hydrogen-bond acceptors (Lipinski definition) is 4. The van der Waals surface area contributed by atoms with Gasteiger partial charge >= 0.3 is 0 Å². The highest BCUT2D eigenvalue weighted by atomic mass is 16.5. The molecule has 0 atom stereocenters. The fraction of sp³-hybridized carbons (Fsp3) is 0.471. The number of ether oxygens (including phenoxy) is 1. The third-order valence-corrected chi connectivity index (χ3v) is 4.60. The van der Waals surface area contributed by atoms with E-state index >= 15 is 0 Å². The summed E-state index contributed by atoms with van der Waals surface area (Å²) in [6.45, 7) is 2.11. The second-order valence-corrected chi connectivity index (χ2v) is 5.89. The third kappa shape index (κ3) is 2.56. The lowest BCUT2D eigenvalue weighted by Crippen LogP contribution is -2.15. The minimum atomic E-state index is 0.562. The Balaban J connectivity index is 2.18. The predicted molar refractivity (Wildman–Crippen MR) is 86.7 cm³/mol. The Bertz CT molecular complexity index is 648. The van der Waals surface area contributed by atoms with Crippen LogP contribution in [0.1, 0.15) is 49.1 Å². The summed E-state index contributed by atoms with van der Waals surface area (Å²) in [5.41, 5.74) is 6.14. The fourth-order valence-corrected chi connectivity index (χ4v) is 3.39. The Hall–Kier alpha value is -1.81. The van der Waals surface area contributed by atoms with E-state index in [0.717, 1.165) is 22.5 Å². The van der Waals surface area contributed by atoms with E-state index in [9.17, 15) is 0 Å². The maximum atomic E-state index is 5.72. The van der Waals surface area contributed by atoms with Crippen molar-refractivity contribution in [2.45, 2.75) is 44.9 Å². The van der Waals surface area contributed by atoms with Gasteiger partial charge in [-0.2, -0.15) is 0 Å². The van der Waals surface area contributed by atoms with E-state index in [1.54, 1.807) is 7.11 Å². The number of nitrogens with zero attached hydrogens (tertiary/aromatic N) is 1. The number of anilines is 1. The standard InChI is InChI=1S/C17H23N3O/c1-11-8-9-15(21-2)16-13(11)10-14(17(19-16)20-18)12-6-4-3-5-7-12/h8-10,12H,3-7,18H2,1-2H3,(H,19,20). The monoisotopic (exact) mass is 285 g/mol. The molecule has 1 aromatic heterocycles. The summed E-state index contributed by atoms with van der Waals surface area (Å²) in [6, 6.07) is 6.31. The molecule has 1 heterocycles. The van der Waals surface area contributed by atoms with Gasteiger partial charge in [-0.15, -0.1) is 0 Å². The van der Waals surface area contributed by atoms with Crippen LogP contribution in [0.2, 0.25) is 0 Å². The van der Waals surface area contributed by atoms with Gasteiger partial charge in [0.15, 0.2) is 0 Å². The second-order valence-electron chi connectivity index (χ2n) is 5.89. The number of nitrogen functional groups attached to an aromatic ring is 1. The molecule has 0 spiro atoms. The molecular formula is C17H23N3O. The number of benzene rings is 1. The van der Waals surface area contributed by atoms with E-state index < -0.39 is 0 Å². The number of aromatic nitrogens is 1. The maximum absolute atomic E-state index is 5.72. The number of aryl methyl sites for hydroxylation is 1. The fourth-order valence-electron chi connectivity index (χ4n) is 3.39. The highest BCUT2D eigenvalue weighted by Gasteiger charge is 2.21. The Morgan fingerprint density at radius 1 is 1.24 bits per heavy atom. The Morgan fingerprint density at radius 2 is 2.00 bits per heavy atom. The lowest BCUT2D eigenvalue weighted by Gasteiger charge is -2.24. The number of fused-ring (bicyclic) bond motifs is 1. The highest BCUT2D eigenvalue weighted by molar-refractivity contribution is 5.89. The van der Waals surface area contributed by atoms with Gasteiger partial charge in [-0.3, -0.25) is 0 Å². The van der Waals surface area contributed by atoms with Crippen LogP contribution in [-0.4, -0.2) is 12.1 Å². The first-order valence-corrected chi connectivity index (χ1v) is 7.69. The largest absolute Gasteiger partial charge is 0.494 e. The van der Waals surface area contributed by atoms with Crippen LogP contribution in [0.5, 0.6) is 5.75 Å². The first kappa shape index (κ1) is 14.1. The lowest BCUT2D eigenvalue weighted by atomic mass is 9.83. The summed E-state index contributed by atoms with van der Waals surface area (Å²) < 4.78 is 5.44. The van der Waals surface area contributed by atoms with Crippen LogP contribution in [0.4, 0.5) is 5.82 Å². The Labute approximate surface area is 125 Å². The number of nitrogens with two attached hydrogens (primary N) is 1. The zero-order valence-electron chi connectivity index (χ0n) is 12.8. The van der Waals surface area contributed by atoms with Crippen molar-refractivity contribution in [2.24, 2.45) is 5.84 Å². The van der Waals surface area contributed by atoms with Gasteiger partial charge in [0.2, 0.25) is 0 Å². The van der Waals surface area contributed by atoms with E-state index in [4.69, 9.17) is 15.6 Å². The van der Waals surface area contributed by atoms with Crippen molar-refractivity contribution in [3.8, 4) is 5.75 Å². The number of rotatable bonds is 3. The van der Waals surface area contributed by atoms with E-state index in [-0.39, 0.29) is 0 Å². The summed E-state index contributed by atoms with van der Waals surface area (Å²) in [5.74, 6) is 7.87. The van der Waals surface area contributed by atoms with Crippen molar-refractivity contribution in [1.29, 1.82) is 0 Å². The van der Waals surface area contributed by atoms with Crippen LogP contribution in [0.25, 0.3) is 10.9 Å². The van der Waals surface area contributed by atoms with Crippen LogP contribution < -0.4 is 16.0 Å². The van der Waals surface area contributed by atoms with Crippen LogP contribution in [-0.2, 0) is 0 Å². The molecule has 3 N–H and O–H groups in total. The van der Waals surface area contributed by atoms with Crippen LogP contribution in [0.15, 0.2) is 18.2 Å². The summed E-state index contributed by atoms with van der Waals surface area (Å²) >= 11 is 0. The predicted octanol–water partition coefficient (Wildman–Crippen LogP) is 3.89. The van der Waals surface area contributed by atoms with Crippen molar-refractivity contribution in [1.82, 2.24) is 4.98 Å². The Morgan fingerprint density at radius 3 is 2.67 bits per heavy atom. The molecule has 2 aromatic rings. The molecular weight excluding hydrogens is 262 g/mol. The van der Waals surface area contributed by atoms with Crippen molar-refractivity contribution in [3.05, 3.63) is 29.3 Å². The van der Waals surface area contributed by atoms with Crippen molar-refractivity contribution in [3.63, 3.8) is 0 Å². The number of pyridine rings is 1. The van der Waals surface area contributed by atoms with Crippen molar-refractivity contribution in [2.75, 3.05) is 12.5 Å². The Kier molecular flexibility index (Phi) is 3.97. The van der Waals surface area contributed by atoms with E-state index in [2.05, 4.69) is 24.5 Å². The molecule has 1 fully saturated rings. The maximum Gasteiger partial charge on any atom is 0.145 e. The van der Waals surface area contributed by atoms with Gasteiger partial charge in [0, 0.05) is 5.39 Å². The van der Waals surface area contributed by atoms with Gasteiger partial charge in [0.25, 0.3) is 0 Å². The van der Waals surface area contributed by atoms with E-state index in [1.807, 2.05) is 6.07 Å². The summed E-state index contributed by atoms with van der Waals surface area (Å²) in [4.78, 5) is 4.74. The molecule has 0 unspecified atom stereocenters. The number of hydrogen-bond donors (Lipinski definition) is 2. The highest BCUT2D eigenvalue weighted by Crippen LogP contribution is 2.38. The van der Waals surface area contributed by atoms with Gasteiger partial charge < -0.3 is 10.2 Å². The molecule has 0 radical (unpaired) electrons. The molecule has 112 valence electrons. The topological polar surface area (TPSA) is 60.2 Å². The summed E-state index contributed by atoms with van der Waals surface area (Å²) in [6.07, 6.45) is 6.39. The number of hydrazine groups is 1. The van der Waals surface area contributed by atoms with Gasteiger partial charge in [-0.1, -0.05) is 25.3 Å². The average Bonchev–Trinajstić information content (AvgIpc) is 2.55. The molecule has 0 bridgehead atoms. The molecule has 1 aliphatic carbocycles. The molecule has 4 nitrogen and oxygen atoms in total. The minimum absolute atomic E-state index is 0.562. The summed E-state index contributed by atoms with van der Waals surface area (Å²) in [5, 5.41) is 1.16. The molecule has 1 saturated carbocycles. The van der Waals surface area contributed by atoms with E-state index in [1.165, 1.54) is 43.2 Å². The molecule has 3 rings (SSSR count). The van der Waals surface area contributed by atoms with E-state index in [0.29, 0.717) is 5.92 Å². The van der Waals surface area contributed by atoms with Crippen molar-refractivity contribution < 1.29 is 4.74 Å². The van der Waals surface area contributed by atoms with Gasteiger partial charge in [0.05, 0.1) is 7.11 Å². The zero-order valence-corrected chi connectivity index (χ0v) is 12.8. The zero-order chi connectivity index (χ0) is 14.8. The number of methoxy groups -OCH3 is 1. The van der Waals surface area contributed by atoms with Gasteiger partial charge in [-0.05, 0) is 48.9 Å². The van der Waals surface area contributed by atoms with Gasteiger partial charge in [-0.25, -0.2) is 10.8 Å². The molecule has 0 amide bonds. The third-order valence-electron chi connectivity index (χ3n) is 4.60. The SMILES string of the molecule is COc1ccc(C)c2cc(C3CCCCC3)c(NN)nc12. The minimum Gasteiger partial charge on any atom is -0.494 e. The molecule has 4 heteroatoms. The first-order chi connectivity index (χ1) is 10.2. The lowest BCUT2D eigenvalue weighted by molar-refractivity contribution is 0.418. The van der Waals surface area contributed by atoms with Crippen LogP contribution in [0.3, 0.4) is 0 Å². The van der Waals surface area contributed by atoms with Crippen molar-refractivity contribution >= 4 is 16.7 Å². The quantitative estimate of drug-likeness (QED) is 0.663. The molecule has 21 heavy (non-hydrogen) atoms. The van der Waals surface area contributed by atoms with Gasteiger partial charge in [0.1, 0.15) is 17.1 Å².